The number of halogens is 3. The first-order chi connectivity index (χ1) is 10.8. The summed E-state index contributed by atoms with van der Waals surface area (Å²) < 4.78 is 42.6. The van der Waals surface area contributed by atoms with Gasteiger partial charge in [0, 0.05) is 12.0 Å². The van der Waals surface area contributed by atoms with Crippen molar-refractivity contribution in [1.82, 2.24) is 9.78 Å². The molecule has 0 unspecified atom stereocenters. The molecule has 0 radical (unpaired) electrons. The van der Waals surface area contributed by atoms with Crippen molar-refractivity contribution in [2.24, 2.45) is 0 Å². The Morgan fingerprint density at radius 3 is 2.52 bits per heavy atom. The minimum Gasteiger partial charge on any atom is -0.406 e. The van der Waals surface area contributed by atoms with Crippen molar-refractivity contribution in [3.8, 4) is 0 Å². The van der Waals surface area contributed by atoms with Crippen molar-refractivity contribution in [2.75, 3.05) is 0 Å². The van der Waals surface area contributed by atoms with E-state index in [1.807, 2.05) is 0 Å². The van der Waals surface area contributed by atoms with E-state index in [-0.39, 0.29) is 5.92 Å². The van der Waals surface area contributed by atoms with Crippen molar-refractivity contribution in [1.29, 1.82) is 0 Å². The highest BCUT2D eigenvalue weighted by molar-refractivity contribution is 5.80. The number of aryl methyl sites for hydroxylation is 1. The summed E-state index contributed by atoms with van der Waals surface area (Å²) >= 11 is 0. The Morgan fingerprint density at radius 2 is 2.09 bits per heavy atom. The number of aromatic nitrogens is 2. The van der Waals surface area contributed by atoms with Crippen LogP contribution in [0.15, 0.2) is 30.6 Å². The summed E-state index contributed by atoms with van der Waals surface area (Å²) in [6.07, 6.45) is 1.59. The molecule has 1 fully saturated rings. The lowest BCUT2D eigenvalue weighted by molar-refractivity contribution is -0.303. The van der Waals surface area contributed by atoms with Gasteiger partial charge in [0.1, 0.15) is 5.76 Å². The molecule has 0 bridgehead atoms. The highest BCUT2D eigenvalue weighted by atomic mass is 19.4. The molecule has 0 aliphatic heterocycles. The first kappa shape index (κ1) is 17.1. The molecule has 7 heteroatoms. The maximum Gasteiger partial charge on any atom is 0.573 e. The third-order valence-corrected chi connectivity index (χ3v) is 3.49. The van der Waals surface area contributed by atoms with Crippen molar-refractivity contribution >= 4 is 12.0 Å². The Labute approximate surface area is 131 Å². The number of hydrogen-bond acceptors (Lipinski definition) is 3. The second kappa shape index (κ2) is 6.44. The van der Waals surface area contributed by atoms with Gasteiger partial charge in [0.25, 0.3) is 0 Å². The van der Waals surface area contributed by atoms with Crippen LogP contribution in [-0.4, -0.2) is 22.4 Å². The summed E-state index contributed by atoms with van der Waals surface area (Å²) in [5.41, 5.74) is 2.17. The predicted octanol–water partition coefficient (Wildman–Crippen LogP) is 4.35. The van der Waals surface area contributed by atoms with Gasteiger partial charge in [0.2, 0.25) is 0 Å². The van der Waals surface area contributed by atoms with Crippen LogP contribution in [0.2, 0.25) is 0 Å². The Morgan fingerprint density at radius 1 is 1.43 bits per heavy atom. The minimum absolute atomic E-state index is 0.204. The summed E-state index contributed by atoms with van der Waals surface area (Å²) in [5.74, 6) is -0.233. The first-order valence-corrected chi connectivity index (χ1v) is 7.12. The van der Waals surface area contributed by atoms with Crippen LogP contribution in [0.4, 0.5) is 13.2 Å². The smallest absolute Gasteiger partial charge is 0.406 e. The number of hydrogen-bond donors (Lipinski definition) is 0. The van der Waals surface area contributed by atoms with Crippen molar-refractivity contribution < 1.29 is 22.7 Å². The van der Waals surface area contributed by atoms with E-state index < -0.39 is 12.1 Å². The molecule has 2 rings (SSSR count). The topological polar surface area (TPSA) is 44.1 Å². The number of aldehydes is 1. The van der Waals surface area contributed by atoms with Crippen molar-refractivity contribution in [3.63, 3.8) is 0 Å². The lowest BCUT2D eigenvalue weighted by Crippen LogP contribution is -2.13. The molecule has 0 amide bonds. The second-order valence-electron chi connectivity index (χ2n) is 5.20. The molecule has 4 nitrogen and oxygen atoms in total. The minimum atomic E-state index is -4.80. The summed E-state index contributed by atoms with van der Waals surface area (Å²) in [5, 5.41) is 4.30. The van der Waals surface area contributed by atoms with Crippen LogP contribution in [0.1, 0.15) is 47.4 Å². The highest BCUT2D eigenvalue weighted by Crippen LogP contribution is 2.43. The summed E-state index contributed by atoms with van der Waals surface area (Å²) in [6, 6.07) is 0. The molecule has 0 spiro atoms. The second-order valence-corrected chi connectivity index (χ2v) is 5.20. The van der Waals surface area contributed by atoms with Gasteiger partial charge in [0.15, 0.2) is 6.29 Å². The standard InChI is InChI=1S/C16H17F3N2O2/c1-4-12(8-13(5-2)23-16(17,18)19)21-15(11-6-7-11)14(9-22)10(3)20-21/h4-5,8-9,11H,2,6-7H2,1,3H3/b12-4+,13-8+. The van der Waals surface area contributed by atoms with Crippen molar-refractivity contribution in [3.05, 3.63) is 47.5 Å². The molecule has 1 aromatic heterocycles. The van der Waals surface area contributed by atoms with Crippen LogP contribution < -0.4 is 0 Å². The lowest BCUT2D eigenvalue weighted by Gasteiger charge is -2.12. The third-order valence-electron chi connectivity index (χ3n) is 3.49. The normalized spacial score (nSPS) is 16.4. The number of nitrogens with zero attached hydrogens (tertiary/aromatic N) is 2. The summed E-state index contributed by atoms with van der Waals surface area (Å²) in [6.45, 7) is 6.70. The van der Waals surface area contributed by atoms with E-state index >= 15 is 0 Å². The molecule has 1 heterocycles. The van der Waals surface area contributed by atoms with Gasteiger partial charge >= 0.3 is 6.36 Å². The van der Waals surface area contributed by atoms with Gasteiger partial charge in [-0.05, 0) is 32.8 Å². The largest absolute Gasteiger partial charge is 0.573 e. The predicted molar refractivity (Wildman–Crippen MR) is 79.7 cm³/mol. The van der Waals surface area contributed by atoms with Crippen LogP contribution in [0.5, 0.6) is 0 Å². The van der Waals surface area contributed by atoms with E-state index in [9.17, 15) is 18.0 Å². The number of carbonyl (C=O) groups is 1. The van der Waals surface area contributed by atoms with Gasteiger partial charge < -0.3 is 4.74 Å². The Bertz CT molecular complexity index is 680. The van der Waals surface area contributed by atoms with Gasteiger partial charge in [-0.25, -0.2) is 4.68 Å². The average Bonchev–Trinajstić information content (AvgIpc) is 3.25. The number of ether oxygens (including phenoxy) is 1. The molecule has 0 saturated heterocycles. The molecule has 1 aromatic rings. The SMILES string of the molecule is C=C/C(=C\C(=C/C)n1nc(C)c(C=O)c1C1CC1)OC(F)(F)F. The maximum absolute atomic E-state index is 12.4. The number of rotatable bonds is 6. The third kappa shape index (κ3) is 3.91. The number of alkyl halides is 3. The first-order valence-electron chi connectivity index (χ1n) is 7.12. The van der Waals surface area contributed by atoms with Crippen LogP contribution >= 0.6 is 0 Å². The molecule has 0 N–H and O–H groups in total. The summed E-state index contributed by atoms with van der Waals surface area (Å²) in [4.78, 5) is 11.3. The molecule has 124 valence electrons. The zero-order valence-corrected chi connectivity index (χ0v) is 12.9. The highest BCUT2D eigenvalue weighted by Gasteiger charge is 2.33. The zero-order valence-electron chi connectivity index (χ0n) is 12.9. The van der Waals surface area contributed by atoms with Gasteiger partial charge in [-0.2, -0.15) is 5.10 Å². The monoisotopic (exact) mass is 326 g/mol. The molecular formula is C16H17F3N2O2. The van der Waals surface area contributed by atoms with E-state index in [2.05, 4.69) is 16.4 Å². The molecule has 1 aliphatic carbocycles. The van der Waals surface area contributed by atoms with Gasteiger partial charge in [0.05, 0.1) is 22.6 Å². The van der Waals surface area contributed by atoms with E-state index in [0.29, 0.717) is 17.0 Å². The molecule has 0 aromatic carbocycles. The molecule has 1 aliphatic rings. The zero-order chi connectivity index (χ0) is 17.2. The number of allylic oxidation sites excluding steroid dienone is 4. The maximum atomic E-state index is 12.4. The Hall–Kier alpha value is -2.31. The van der Waals surface area contributed by atoms with Crippen LogP contribution in [-0.2, 0) is 4.74 Å². The fourth-order valence-corrected chi connectivity index (χ4v) is 2.33. The van der Waals surface area contributed by atoms with Gasteiger partial charge in [-0.3, -0.25) is 4.79 Å². The van der Waals surface area contributed by atoms with E-state index in [1.165, 1.54) is 10.8 Å². The number of carbonyl (C=O) groups excluding carboxylic acids is 1. The van der Waals surface area contributed by atoms with Gasteiger partial charge in [-0.15, -0.1) is 13.2 Å². The lowest BCUT2D eigenvalue weighted by atomic mass is 10.1. The van der Waals surface area contributed by atoms with Crippen LogP contribution in [0.3, 0.4) is 0 Å². The Balaban J connectivity index is 2.46. The fourth-order valence-electron chi connectivity index (χ4n) is 2.33. The van der Waals surface area contributed by atoms with Crippen LogP contribution in [0.25, 0.3) is 5.70 Å². The molecule has 0 atom stereocenters. The van der Waals surface area contributed by atoms with E-state index in [1.54, 1.807) is 19.9 Å². The average molecular weight is 326 g/mol. The van der Waals surface area contributed by atoms with Gasteiger partial charge in [-0.1, -0.05) is 12.7 Å². The quantitative estimate of drug-likeness (QED) is 0.443. The van der Waals surface area contributed by atoms with E-state index in [4.69, 9.17) is 0 Å². The Kier molecular flexibility index (Phi) is 4.77. The molecule has 23 heavy (non-hydrogen) atoms. The van der Waals surface area contributed by atoms with Crippen molar-refractivity contribution in [2.45, 2.75) is 39.0 Å². The molecule has 1 saturated carbocycles. The fraction of sp³-hybridized carbons (Fsp3) is 0.375. The molecular weight excluding hydrogens is 309 g/mol. The van der Waals surface area contributed by atoms with Crippen LogP contribution in [0, 0.1) is 6.92 Å². The summed E-state index contributed by atoms with van der Waals surface area (Å²) in [7, 11) is 0. The van der Waals surface area contributed by atoms with E-state index in [0.717, 1.165) is 30.9 Å².